The van der Waals surface area contributed by atoms with Crippen LogP contribution in [-0.2, 0) is 9.53 Å². The maximum atomic E-state index is 11.5. The summed E-state index contributed by atoms with van der Waals surface area (Å²) in [6.45, 7) is 3.40. The summed E-state index contributed by atoms with van der Waals surface area (Å²) in [6.07, 6.45) is 0.617. The zero-order chi connectivity index (χ0) is 13.7. The molecule has 0 saturated carbocycles. The lowest BCUT2D eigenvalue weighted by Gasteiger charge is -2.07. The maximum absolute atomic E-state index is 11.5. The average molecular weight is 251 g/mol. The van der Waals surface area contributed by atoms with E-state index in [1.54, 1.807) is 13.8 Å². The van der Waals surface area contributed by atoms with Gasteiger partial charge in [0.15, 0.2) is 0 Å². The van der Waals surface area contributed by atoms with E-state index >= 15 is 0 Å². The number of carbonyl (C=O) groups is 2. The summed E-state index contributed by atoms with van der Waals surface area (Å²) in [6, 6.07) is 3.96. The molecule has 0 amide bonds. The van der Waals surface area contributed by atoms with Gasteiger partial charge < -0.3 is 9.53 Å². The Bertz CT molecular complexity index is 483. The average Bonchev–Trinajstić information content (AvgIpc) is 2.37. The number of rotatable bonds is 5. The molecule has 0 heterocycles. The lowest BCUT2D eigenvalue weighted by molar-refractivity contribution is -0.385. The Labute approximate surface area is 104 Å². The van der Waals surface area contributed by atoms with E-state index < -0.39 is 16.8 Å². The molecule has 0 aliphatic rings. The van der Waals surface area contributed by atoms with E-state index in [0.717, 1.165) is 6.07 Å². The minimum Gasteiger partial charge on any atom is -0.462 e. The lowest BCUT2D eigenvalue weighted by Crippen LogP contribution is -2.07. The van der Waals surface area contributed by atoms with Crippen molar-refractivity contribution < 1.29 is 19.2 Å². The zero-order valence-corrected chi connectivity index (χ0v) is 10.1. The first-order chi connectivity index (χ1) is 8.51. The number of benzene rings is 1. The highest BCUT2D eigenvalue weighted by molar-refractivity contribution is 5.90. The van der Waals surface area contributed by atoms with E-state index in [-0.39, 0.29) is 23.4 Å². The highest BCUT2D eigenvalue weighted by Crippen LogP contribution is 2.26. The number of carbonyl (C=O) groups excluding carboxylic acids is 2. The largest absolute Gasteiger partial charge is 0.462 e. The Morgan fingerprint density at radius 1 is 1.56 bits per heavy atom. The molecule has 1 atom stereocenters. The molecule has 0 radical (unpaired) electrons. The Morgan fingerprint density at radius 2 is 2.22 bits per heavy atom. The zero-order valence-electron chi connectivity index (χ0n) is 10.1. The van der Waals surface area contributed by atoms with Crippen molar-refractivity contribution in [3.8, 4) is 0 Å². The molecular weight excluding hydrogens is 238 g/mol. The predicted octanol–water partition coefficient (Wildman–Crippen LogP) is 2.07. The summed E-state index contributed by atoms with van der Waals surface area (Å²) in [5.74, 6) is -1.22. The summed E-state index contributed by atoms with van der Waals surface area (Å²) in [7, 11) is 0. The number of nitro groups is 1. The number of nitro benzene ring substituents is 1. The van der Waals surface area contributed by atoms with Gasteiger partial charge in [0.05, 0.1) is 17.1 Å². The lowest BCUT2D eigenvalue weighted by atomic mass is 9.99. The van der Waals surface area contributed by atoms with Crippen LogP contribution >= 0.6 is 0 Å². The number of nitrogens with zero attached hydrogens (tertiary/aromatic N) is 1. The van der Waals surface area contributed by atoms with Crippen LogP contribution in [0.2, 0.25) is 0 Å². The summed E-state index contributed by atoms with van der Waals surface area (Å²) in [5.41, 5.74) is 0.133. The van der Waals surface area contributed by atoms with Crippen LogP contribution in [0.15, 0.2) is 18.2 Å². The van der Waals surface area contributed by atoms with E-state index in [1.807, 2.05) is 0 Å². The monoisotopic (exact) mass is 251 g/mol. The first-order valence-corrected chi connectivity index (χ1v) is 5.42. The highest BCUT2D eigenvalue weighted by Gasteiger charge is 2.21. The van der Waals surface area contributed by atoms with Crippen molar-refractivity contribution in [2.45, 2.75) is 19.8 Å². The Balaban J connectivity index is 3.23. The fourth-order valence-corrected chi connectivity index (χ4v) is 1.50. The topological polar surface area (TPSA) is 86.5 Å². The molecule has 6 nitrogen and oxygen atoms in total. The van der Waals surface area contributed by atoms with Crippen LogP contribution in [0.3, 0.4) is 0 Å². The van der Waals surface area contributed by atoms with E-state index in [1.165, 1.54) is 12.1 Å². The Kier molecular flexibility index (Phi) is 4.53. The molecule has 0 aliphatic carbocycles. The van der Waals surface area contributed by atoms with Gasteiger partial charge in [-0.1, -0.05) is 13.0 Å². The van der Waals surface area contributed by atoms with Gasteiger partial charge in [0.25, 0.3) is 5.69 Å². The molecule has 1 unspecified atom stereocenters. The van der Waals surface area contributed by atoms with E-state index in [4.69, 9.17) is 4.74 Å². The first-order valence-electron chi connectivity index (χ1n) is 5.42. The third kappa shape index (κ3) is 2.91. The molecular formula is C12H13NO5. The first kappa shape index (κ1) is 13.8. The van der Waals surface area contributed by atoms with Gasteiger partial charge in [0.2, 0.25) is 0 Å². The van der Waals surface area contributed by atoms with Gasteiger partial charge in [-0.05, 0) is 13.0 Å². The normalized spacial score (nSPS) is 11.7. The third-order valence-corrected chi connectivity index (χ3v) is 2.43. The predicted molar refractivity (Wildman–Crippen MR) is 63.5 cm³/mol. The van der Waals surface area contributed by atoms with Crippen LogP contribution in [0.4, 0.5) is 5.69 Å². The summed E-state index contributed by atoms with van der Waals surface area (Å²) >= 11 is 0. The molecule has 0 saturated heterocycles. The van der Waals surface area contributed by atoms with Crippen LogP contribution in [-0.4, -0.2) is 23.8 Å². The van der Waals surface area contributed by atoms with Gasteiger partial charge in [-0.25, -0.2) is 4.79 Å². The second kappa shape index (κ2) is 5.90. The standard InChI is InChI=1S/C12H13NO5/c1-3-18-12(15)9-4-5-10(8(2)7-14)11(6-9)13(16)17/h4-8H,3H2,1-2H3. The molecule has 96 valence electrons. The van der Waals surface area contributed by atoms with Crippen LogP contribution in [0.1, 0.15) is 35.7 Å². The molecule has 6 heteroatoms. The maximum Gasteiger partial charge on any atom is 0.338 e. The highest BCUT2D eigenvalue weighted by atomic mass is 16.6. The van der Waals surface area contributed by atoms with Crippen LogP contribution in [0.25, 0.3) is 0 Å². The number of ether oxygens (including phenoxy) is 1. The van der Waals surface area contributed by atoms with Crippen molar-refractivity contribution >= 4 is 17.9 Å². The van der Waals surface area contributed by atoms with Crippen LogP contribution < -0.4 is 0 Å². The summed E-state index contributed by atoms with van der Waals surface area (Å²) in [5, 5.41) is 10.9. The van der Waals surface area contributed by atoms with Crippen LogP contribution in [0.5, 0.6) is 0 Å². The number of aldehydes is 1. The smallest absolute Gasteiger partial charge is 0.338 e. The summed E-state index contributed by atoms with van der Waals surface area (Å²) < 4.78 is 4.76. The molecule has 1 aromatic carbocycles. The minimum atomic E-state index is -0.620. The number of esters is 1. The number of hydrogen-bond acceptors (Lipinski definition) is 5. The SMILES string of the molecule is CCOC(=O)c1ccc(C(C)C=O)c([N+](=O)[O-])c1. The van der Waals surface area contributed by atoms with Gasteiger partial charge >= 0.3 is 5.97 Å². The van der Waals surface area contributed by atoms with Crippen molar-refractivity contribution in [2.75, 3.05) is 6.61 Å². The number of hydrogen-bond donors (Lipinski definition) is 0. The molecule has 0 aliphatic heterocycles. The van der Waals surface area contributed by atoms with Crippen molar-refractivity contribution in [1.82, 2.24) is 0 Å². The molecule has 1 rings (SSSR count). The van der Waals surface area contributed by atoms with Gasteiger partial charge in [-0.3, -0.25) is 10.1 Å². The fourth-order valence-electron chi connectivity index (χ4n) is 1.50. The van der Waals surface area contributed by atoms with E-state index in [0.29, 0.717) is 6.29 Å². The van der Waals surface area contributed by atoms with Gasteiger partial charge in [-0.2, -0.15) is 0 Å². The Morgan fingerprint density at radius 3 is 2.72 bits per heavy atom. The molecule has 0 spiro atoms. The second-order valence-corrected chi connectivity index (χ2v) is 3.68. The summed E-state index contributed by atoms with van der Waals surface area (Å²) in [4.78, 5) is 32.4. The quantitative estimate of drug-likeness (QED) is 0.346. The molecule has 18 heavy (non-hydrogen) atoms. The van der Waals surface area contributed by atoms with Crippen molar-refractivity contribution in [1.29, 1.82) is 0 Å². The van der Waals surface area contributed by atoms with Crippen molar-refractivity contribution in [3.63, 3.8) is 0 Å². The van der Waals surface area contributed by atoms with E-state index in [2.05, 4.69) is 0 Å². The molecule has 0 bridgehead atoms. The van der Waals surface area contributed by atoms with Gasteiger partial charge in [0.1, 0.15) is 6.29 Å². The van der Waals surface area contributed by atoms with Gasteiger partial charge in [-0.15, -0.1) is 0 Å². The minimum absolute atomic E-state index is 0.102. The van der Waals surface area contributed by atoms with Gasteiger partial charge in [0, 0.05) is 17.5 Å². The second-order valence-electron chi connectivity index (χ2n) is 3.68. The Hall–Kier alpha value is -2.24. The van der Waals surface area contributed by atoms with E-state index in [9.17, 15) is 19.7 Å². The molecule has 0 aromatic heterocycles. The van der Waals surface area contributed by atoms with Crippen molar-refractivity contribution in [2.24, 2.45) is 0 Å². The van der Waals surface area contributed by atoms with Crippen LogP contribution in [0, 0.1) is 10.1 Å². The van der Waals surface area contributed by atoms with Crippen molar-refractivity contribution in [3.05, 3.63) is 39.4 Å². The molecule has 0 fully saturated rings. The third-order valence-electron chi connectivity index (χ3n) is 2.43. The molecule has 0 N–H and O–H groups in total. The molecule has 1 aromatic rings. The fraction of sp³-hybridized carbons (Fsp3) is 0.333.